The summed E-state index contributed by atoms with van der Waals surface area (Å²) in [7, 11) is -4.00. The maximum Gasteiger partial charge on any atom is 0.269 e. The summed E-state index contributed by atoms with van der Waals surface area (Å²) in [6, 6.07) is 22.0. The fourth-order valence-corrected chi connectivity index (χ4v) is 5.00. The highest BCUT2D eigenvalue weighted by Crippen LogP contribution is 2.40. The van der Waals surface area contributed by atoms with Gasteiger partial charge in [0.1, 0.15) is 0 Å². The highest BCUT2D eigenvalue weighted by atomic mass is 35.5. The van der Waals surface area contributed by atoms with Crippen LogP contribution in [-0.2, 0) is 15.6 Å². The monoisotopic (exact) mass is 438 g/mol. The first-order chi connectivity index (χ1) is 14.3. The van der Waals surface area contributed by atoms with Gasteiger partial charge in [0.15, 0.2) is 11.4 Å². The largest absolute Gasteiger partial charge is 0.373 e. The number of hydrogen-bond donors (Lipinski definition) is 1. The second kappa shape index (κ2) is 7.72. The predicted molar refractivity (Wildman–Crippen MR) is 116 cm³/mol. The first kappa shape index (κ1) is 20.3. The molecular weight excluding hydrogens is 420 g/mol. The lowest BCUT2D eigenvalue weighted by Gasteiger charge is -2.30. The zero-order valence-electron chi connectivity index (χ0n) is 16.1. The van der Waals surface area contributed by atoms with Crippen LogP contribution in [0.25, 0.3) is 0 Å². The number of benzene rings is 3. The molecule has 1 aromatic heterocycles. The number of imidazole rings is 1. The molecule has 1 atom stereocenters. The number of aromatic nitrogens is 2. The van der Waals surface area contributed by atoms with Crippen LogP contribution in [0.3, 0.4) is 0 Å². The van der Waals surface area contributed by atoms with Gasteiger partial charge in [0.05, 0.1) is 4.90 Å². The van der Waals surface area contributed by atoms with Crippen molar-refractivity contribution in [3.63, 3.8) is 0 Å². The molecule has 4 rings (SSSR count). The van der Waals surface area contributed by atoms with Gasteiger partial charge in [-0.3, -0.25) is 0 Å². The lowest BCUT2D eigenvalue weighted by molar-refractivity contribution is 0.115. The number of aryl methyl sites for hydroxylation is 1. The van der Waals surface area contributed by atoms with E-state index in [1.807, 2.05) is 13.0 Å². The van der Waals surface area contributed by atoms with Crippen LogP contribution in [0, 0.1) is 6.92 Å². The van der Waals surface area contributed by atoms with E-state index in [4.69, 9.17) is 11.6 Å². The first-order valence-corrected chi connectivity index (χ1v) is 11.1. The van der Waals surface area contributed by atoms with Crippen LogP contribution in [0.2, 0.25) is 5.02 Å². The fraction of sp³-hybridized carbons (Fsp3) is 0.0870. The molecular formula is C23H19ClN2O3S. The van der Waals surface area contributed by atoms with Crippen molar-refractivity contribution in [1.29, 1.82) is 0 Å². The Balaban J connectivity index is 1.99. The Morgan fingerprint density at radius 2 is 1.57 bits per heavy atom. The maximum atomic E-state index is 13.4. The van der Waals surface area contributed by atoms with Gasteiger partial charge in [-0.05, 0) is 30.7 Å². The second-order valence-corrected chi connectivity index (χ2v) is 9.14. The van der Waals surface area contributed by atoms with Crippen molar-refractivity contribution in [3.05, 3.63) is 119 Å². The summed E-state index contributed by atoms with van der Waals surface area (Å²) in [6.07, 6.45) is 2.68. The molecule has 0 radical (unpaired) electrons. The first-order valence-electron chi connectivity index (χ1n) is 9.24. The Morgan fingerprint density at radius 3 is 2.23 bits per heavy atom. The summed E-state index contributed by atoms with van der Waals surface area (Å²) < 4.78 is 27.8. The van der Waals surface area contributed by atoms with Crippen LogP contribution in [-0.4, -0.2) is 22.5 Å². The summed E-state index contributed by atoms with van der Waals surface area (Å²) in [5, 5.41) is 12.3. The minimum absolute atomic E-state index is 0.0672. The van der Waals surface area contributed by atoms with Crippen LogP contribution < -0.4 is 0 Å². The molecule has 0 amide bonds. The number of aliphatic hydroxyl groups is 1. The van der Waals surface area contributed by atoms with Gasteiger partial charge in [-0.25, -0.2) is 17.4 Å². The molecule has 4 aromatic rings. The van der Waals surface area contributed by atoms with Crippen LogP contribution in [0.15, 0.2) is 96.2 Å². The average molecular weight is 439 g/mol. The lowest BCUT2D eigenvalue weighted by atomic mass is 9.85. The van der Waals surface area contributed by atoms with Crippen LogP contribution in [0.1, 0.15) is 22.5 Å². The third kappa shape index (κ3) is 3.33. The van der Waals surface area contributed by atoms with Crippen molar-refractivity contribution >= 4 is 21.6 Å². The molecule has 1 heterocycles. The van der Waals surface area contributed by atoms with E-state index < -0.39 is 15.6 Å². The molecule has 0 aliphatic heterocycles. The van der Waals surface area contributed by atoms with Crippen molar-refractivity contribution in [1.82, 2.24) is 8.96 Å². The Bertz CT molecular complexity index is 1290. The summed E-state index contributed by atoms with van der Waals surface area (Å²) in [5.74, 6) is -0.0672. The molecule has 0 bridgehead atoms. The number of halogens is 1. The fourth-order valence-electron chi connectivity index (χ4n) is 3.40. The van der Waals surface area contributed by atoms with E-state index in [1.165, 1.54) is 24.5 Å². The molecule has 0 spiro atoms. The zero-order chi connectivity index (χ0) is 21.4. The second-order valence-electron chi connectivity index (χ2n) is 6.92. The molecule has 0 saturated heterocycles. The minimum atomic E-state index is -4.00. The predicted octanol–water partition coefficient (Wildman–Crippen LogP) is 4.37. The smallest absolute Gasteiger partial charge is 0.269 e. The van der Waals surface area contributed by atoms with Gasteiger partial charge in [-0.1, -0.05) is 77.8 Å². The van der Waals surface area contributed by atoms with E-state index in [-0.39, 0.29) is 10.7 Å². The van der Waals surface area contributed by atoms with Crippen molar-refractivity contribution < 1.29 is 13.5 Å². The molecule has 3 aromatic carbocycles. The summed E-state index contributed by atoms with van der Waals surface area (Å²) in [5.41, 5.74) is -0.160. The maximum absolute atomic E-state index is 13.4. The molecule has 1 unspecified atom stereocenters. The van der Waals surface area contributed by atoms with Crippen molar-refractivity contribution in [2.75, 3.05) is 0 Å². The van der Waals surface area contributed by atoms with Gasteiger partial charge in [0.2, 0.25) is 0 Å². The van der Waals surface area contributed by atoms with E-state index in [0.717, 1.165) is 9.54 Å². The van der Waals surface area contributed by atoms with Gasteiger partial charge in [0, 0.05) is 23.0 Å². The van der Waals surface area contributed by atoms with Crippen LogP contribution in [0.5, 0.6) is 0 Å². The van der Waals surface area contributed by atoms with Crippen molar-refractivity contribution in [2.24, 2.45) is 0 Å². The third-order valence-electron chi connectivity index (χ3n) is 4.96. The number of rotatable bonds is 5. The van der Waals surface area contributed by atoms with Gasteiger partial charge in [0.25, 0.3) is 10.0 Å². The standard InChI is InChI=1S/C23H19ClN2O3S/c1-17-11-13-19(14-12-17)30(28,29)26-16-15-25-22(26)23(27,18-7-3-2-4-8-18)20-9-5-6-10-21(20)24/h2-16,27H,1H3. The molecule has 152 valence electrons. The molecule has 5 nitrogen and oxygen atoms in total. The highest BCUT2D eigenvalue weighted by Gasteiger charge is 2.41. The van der Waals surface area contributed by atoms with Gasteiger partial charge in [-0.2, -0.15) is 0 Å². The highest BCUT2D eigenvalue weighted by molar-refractivity contribution is 7.90. The Labute approximate surface area is 180 Å². The quantitative estimate of drug-likeness (QED) is 0.502. The topological polar surface area (TPSA) is 72.2 Å². The molecule has 0 aliphatic carbocycles. The van der Waals surface area contributed by atoms with Gasteiger partial charge < -0.3 is 5.11 Å². The van der Waals surface area contributed by atoms with E-state index in [9.17, 15) is 13.5 Å². The molecule has 0 fully saturated rings. The molecule has 30 heavy (non-hydrogen) atoms. The average Bonchev–Trinajstić information content (AvgIpc) is 3.26. The Hall–Kier alpha value is -2.93. The zero-order valence-corrected chi connectivity index (χ0v) is 17.7. The van der Waals surface area contributed by atoms with Gasteiger partial charge >= 0.3 is 0 Å². The van der Waals surface area contributed by atoms with E-state index >= 15 is 0 Å². The third-order valence-corrected chi connectivity index (χ3v) is 6.97. The molecule has 1 N–H and O–H groups in total. The molecule has 0 aliphatic rings. The Morgan fingerprint density at radius 1 is 0.933 bits per heavy atom. The summed E-state index contributed by atoms with van der Waals surface area (Å²) >= 11 is 6.43. The SMILES string of the molecule is Cc1ccc(S(=O)(=O)n2ccnc2C(O)(c2ccccc2)c2ccccc2Cl)cc1. The molecule has 0 saturated carbocycles. The normalized spacial score (nSPS) is 13.7. The minimum Gasteiger partial charge on any atom is -0.373 e. The summed E-state index contributed by atoms with van der Waals surface area (Å²) in [6.45, 7) is 1.88. The van der Waals surface area contributed by atoms with E-state index in [0.29, 0.717) is 16.1 Å². The summed E-state index contributed by atoms with van der Waals surface area (Å²) in [4.78, 5) is 4.37. The lowest BCUT2D eigenvalue weighted by Crippen LogP contribution is -2.34. The number of hydrogen-bond acceptors (Lipinski definition) is 4. The van der Waals surface area contributed by atoms with Gasteiger partial charge in [-0.15, -0.1) is 0 Å². The van der Waals surface area contributed by atoms with E-state index in [2.05, 4.69) is 4.98 Å². The van der Waals surface area contributed by atoms with Crippen LogP contribution in [0.4, 0.5) is 0 Å². The Kier molecular flexibility index (Phi) is 5.24. The number of nitrogens with zero attached hydrogens (tertiary/aromatic N) is 2. The van der Waals surface area contributed by atoms with E-state index in [1.54, 1.807) is 60.7 Å². The van der Waals surface area contributed by atoms with Crippen LogP contribution >= 0.6 is 11.6 Å². The van der Waals surface area contributed by atoms with Crippen molar-refractivity contribution in [2.45, 2.75) is 17.4 Å². The van der Waals surface area contributed by atoms with Crippen molar-refractivity contribution in [3.8, 4) is 0 Å². The molecule has 7 heteroatoms.